The summed E-state index contributed by atoms with van der Waals surface area (Å²) in [5, 5.41) is 0. The normalized spacial score (nSPS) is 9.84. The Morgan fingerprint density at radius 3 is 1.28 bits per heavy atom. The van der Waals surface area contributed by atoms with Gasteiger partial charge in [-0.05, 0) is 71.5 Å². The highest BCUT2D eigenvalue weighted by atomic mass is 16.5. The number of ether oxygens (including phenoxy) is 1. The molecule has 0 atom stereocenters. The Balaban J connectivity index is -0.000000211. The van der Waals surface area contributed by atoms with Crippen LogP contribution >= 0.6 is 0 Å². The first-order chi connectivity index (χ1) is 24.3. The summed E-state index contributed by atoms with van der Waals surface area (Å²) >= 11 is 0. The minimum absolute atomic E-state index is 0.000400. The van der Waals surface area contributed by atoms with E-state index in [1.54, 1.807) is 0 Å². The van der Waals surface area contributed by atoms with E-state index in [-0.39, 0.29) is 5.97 Å². The molecule has 0 amide bonds. The molecule has 0 aromatic carbocycles. The molecule has 3 nitrogen and oxygen atoms in total. The van der Waals surface area contributed by atoms with Crippen molar-refractivity contribution in [3.8, 4) is 0 Å². The van der Waals surface area contributed by atoms with Gasteiger partial charge in [-0.2, -0.15) is 0 Å². The number of carbonyl (C=O) groups excluding carboxylic acids is 1. The van der Waals surface area contributed by atoms with Gasteiger partial charge in [0.1, 0.15) is 0 Å². The lowest BCUT2D eigenvalue weighted by Gasteiger charge is -2.16. The van der Waals surface area contributed by atoms with Gasteiger partial charge in [0.2, 0.25) is 0 Å². The summed E-state index contributed by atoms with van der Waals surface area (Å²) in [6.07, 6.45) is 33.4. The molecule has 0 spiro atoms. The van der Waals surface area contributed by atoms with Crippen LogP contribution in [0.25, 0.3) is 0 Å². The maximum Gasteiger partial charge on any atom is 0.305 e. The van der Waals surface area contributed by atoms with Gasteiger partial charge in [0.05, 0.1) is 6.61 Å². The summed E-state index contributed by atoms with van der Waals surface area (Å²) in [6.45, 7) is 34.2. The monoisotopic (exact) mass is 714 g/mol. The highest BCUT2D eigenvalue weighted by Gasteiger charge is 2.04. The number of allylic oxidation sites excluding steroid dienone is 1. The molecule has 0 aliphatic rings. The molecule has 50 heavy (non-hydrogen) atoms. The number of rotatable bonds is 31. The lowest BCUT2D eigenvalue weighted by Crippen LogP contribution is -2.20. The molecule has 0 radical (unpaired) electrons. The van der Waals surface area contributed by atoms with Crippen LogP contribution in [0.4, 0.5) is 0 Å². The molecule has 0 aromatic heterocycles. The molecule has 0 rings (SSSR count). The van der Waals surface area contributed by atoms with Crippen molar-refractivity contribution in [3.63, 3.8) is 0 Å². The molecule has 0 bridgehead atoms. The predicted molar refractivity (Wildman–Crippen MR) is 235 cm³/mol. The van der Waals surface area contributed by atoms with Crippen LogP contribution in [0.5, 0.6) is 0 Å². The lowest BCUT2D eigenvalue weighted by molar-refractivity contribution is -0.143. The first-order valence-corrected chi connectivity index (χ1v) is 22.8. The summed E-state index contributed by atoms with van der Waals surface area (Å²) in [5.74, 6) is 0.903. The lowest BCUT2D eigenvalue weighted by atomic mass is 10.0. The van der Waals surface area contributed by atoms with Crippen LogP contribution in [0.2, 0.25) is 0 Å². The fourth-order valence-corrected chi connectivity index (χ4v) is 5.28. The predicted octanol–water partition coefficient (Wildman–Crippen LogP) is 17.0. The number of carbonyl (C=O) groups is 1. The van der Waals surface area contributed by atoms with E-state index in [0.29, 0.717) is 13.0 Å². The largest absolute Gasteiger partial charge is 0.466 e. The van der Waals surface area contributed by atoms with Gasteiger partial charge in [-0.3, -0.25) is 4.79 Å². The molecule has 0 unspecified atom stereocenters. The first-order valence-electron chi connectivity index (χ1n) is 22.8. The van der Waals surface area contributed by atoms with Crippen LogP contribution in [0.1, 0.15) is 257 Å². The summed E-state index contributed by atoms with van der Waals surface area (Å²) in [5.41, 5.74) is 1.31. The third-order valence-corrected chi connectivity index (χ3v) is 8.21. The van der Waals surface area contributed by atoms with Crippen molar-refractivity contribution in [2.24, 2.45) is 5.92 Å². The van der Waals surface area contributed by atoms with E-state index in [1.165, 1.54) is 153 Å². The summed E-state index contributed by atoms with van der Waals surface area (Å²) < 4.78 is 5.38. The fourth-order valence-electron chi connectivity index (χ4n) is 5.28. The Labute approximate surface area is 321 Å². The maximum atomic E-state index is 11.8. The van der Waals surface area contributed by atoms with Crippen molar-refractivity contribution in [1.29, 1.82) is 0 Å². The molecular weight excluding hydrogens is 611 g/mol. The molecular formula is C47H103NO2. The van der Waals surface area contributed by atoms with Crippen LogP contribution < -0.4 is 0 Å². The molecule has 0 aliphatic carbocycles. The van der Waals surface area contributed by atoms with Gasteiger partial charge in [-0.15, -0.1) is 6.58 Å². The average molecular weight is 714 g/mol. The van der Waals surface area contributed by atoms with E-state index in [9.17, 15) is 4.79 Å². The van der Waals surface area contributed by atoms with Crippen molar-refractivity contribution in [2.45, 2.75) is 257 Å². The van der Waals surface area contributed by atoms with E-state index in [4.69, 9.17) is 4.74 Å². The molecule has 0 heterocycles. The van der Waals surface area contributed by atoms with Gasteiger partial charge in [0.15, 0.2) is 0 Å². The van der Waals surface area contributed by atoms with Gasteiger partial charge in [-0.1, -0.05) is 211 Å². The molecule has 0 fully saturated rings. The van der Waals surface area contributed by atoms with Crippen LogP contribution in [0.15, 0.2) is 12.2 Å². The molecule has 308 valence electrons. The Morgan fingerprint density at radius 1 is 0.520 bits per heavy atom. The molecule has 0 N–H and O–H groups in total. The Hall–Kier alpha value is -0.830. The SMILES string of the molecule is C=C(C)CCCCCCCN(C)CCCCCC(=O)OCCCCCCCCCCC.CC.CC.CC.CC.CCCCCCCCC(C)C. The van der Waals surface area contributed by atoms with Crippen molar-refractivity contribution < 1.29 is 9.53 Å². The Kier molecular flexibility index (Phi) is 77.4. The highest BCUT2D eigenvalue weighted by molar-refractivity contribution is 5.69. The average Bonchev–Trinajstić information content (AvgIpc) is 3.13. The molecule has 0 saturated heterocycles. The van der Waals surface area contributed by atoms with Crippen molar-refractivity contribution >= 4 is 5.97 Å². The quantitative estimate of drug-likeness (QED) is 0.0407. The third-order valence-electron chi connectivity index (χ3n) is 8.21. The van der Waals surface area contributed by atoms with Crippen molar-refractivity contribution in [2.75, 3.05) is 26.7 Å². The van der Waals surface area contributed by atoms with Crippen LogP contribution in [0.3, 0.4) is 0 Å². The number of nitrogens with zero attached hydrogens (tertiary/aromatic N) is 1. The highest BCUT2D eigenvalue weighted by Crippen LogP contribution is 2.12. The standard InChI is InChI=1S/C28H55NO2.C11H24.4C2H6/c1-5-6-7-8-9-10-11-15-21-26-31-28(30)23-18-16-20-25-29(4)24-19-14-12-13-17-22-27(2)3;1-4-5-6-7-8-9-10-11(2)3;4*1-2/h2,5-26H2,1,3-4H3;11H,4-10H2,1-3H3;4*1-2H3. The Bertz CT molecular complexity index is 545. The van der Waals surface area contributed by atoms with Crippen LogP contribution in [0, 0.1) is 5.92 Å². The molecule has 3 heteroatoms. The summed E-state index contributed by atoms with van der Waals surface area (Å²) in [4.78, 5) is 14.3. The number of hydrogen-bond donors (Lipinski definition) is 0. The number of esters is 1. The van der Waals surface area contributed by atoms with E-state index < -0.39 is 0 Å². The van der Waals surface area contributed by atoms with Crippen molar-refractivity contribution in [3.05, 3.63) is 12.2 Å². The van der Waals surface area contributed by atoms with Crippen LogP contribution in [-0.2, 0) is 9.53 Å². The number of hydrogen-bond acceptors (Lipinski definition) is 3. The molecule has 0 aromatic rings. The smallest absolute Gasteiger partial charge is 0.305 e. The van der Waals surface area contributed by atoms with Gasteiger partial charge in [-0.25, -0.2) is 0 Å². The summed E-state index contributed by atoms with van der Waals surface area (Å²) in [6, 6.07) is 0. The van der Waals surface area contributed by atoms with Gasteiger partial charge >= 0.3 is 5.97 Å². The zero-order chi connectivity index (χ0) is 39.5. The third kappa shape index (κ3) is 72.8. The second-order valence-corrected chi connectivity index (χ2v) is 13.6. The van der Waals surface area contributed by atoms with Gasteiger partial charge < -0.3 is 9.64 Å². The zero-order valence-corrected chi connectivity index (χ0v) is 38.1. The first kappa shape index (κ1) is 61.2. The van der Waals surface area contributed by atoms with E-state index in [0.717, 1.165) is 31.7 Å². The van der Waals surface area contributed by atoms with Gasteiger partial charge in [0.25, 0.3) is 0 Å². The van der Waals surface area contributed by atoms with E-state index in [2.05, 4.69) is 53.1 Å². The maximum absolute atomic E-state index is 11.8. The van der Waals surface area contributed by atoms with Crippen molar-refractivity contribution in [1.82, 2.24) is 4.90 Å². The van der Waals surface area contributed by atoms with E-state index in [1.807, 2.05) is 55.4 Å². The number of unbranched alkanes of at least 4 members (excludes halogenated alkanes) is 19. The molecule has 0 saturated carbocycles. The zero-order valence-electron chi connectivity index (χ0n) is 38.1. The van der Waals surface area contributed by atoms with Gasteiger partial charge in [0, 0.05) is 6.42 Å². The minimum Gasteiger partial charge on any atom is -0.466 e. The van der Waals surface area contributed by atoms with Crippen LogP contribution in [-0.4, -0.2) is 37.6 Å². The second kappa shape index (κ2) is 63.2. The summed E-state index contributed by atoms with van der Waals surface area (Å²) in [7, 11) is 2.22. The second-order valence-electron chi connectivity index (χ2n) is 13.6. The van der Waals surface area contributed by atoms with E-state index >= 15 is 0 Å². The Morgan fingerprint density at radius 2 is 0.860 bits per heavy atom. The topological polar surface area (TPSA) is 29.5 Å². The minimum atomic E-state index is -0.000400. The fraction of sp³-hybridized carbons (Fsp3) is 0.936. The molecule has 0 aliphatic heterocycles.